The maximum absolute atomic E-state index is 11.8. The molecule has 0 spiro atoms. The van der Waals surface area contributed by atoms with Gasteiger partial charge in [-0.05, 0) is 72.3 Å². The van der Waals surface area contributed by atoms with Crippen molar-refractivity contribution in [3.8, 4) is 29.1 Å². The second kappa shape index (κ2) is 9.11. The smallest absolute Gasteiger partial charge is 0.336 e. The lowest BCUT2D eigenvalue weighted by Crippen LogP contribution is -2.03. The predicted octanol–water partition coefficient (Wildman–Crippen LogP) is 4.42. The van der Waals surface area contributed by atoms with Gasteiger partial charge in [0.1, 0.15) is 17.2 Å². The van der Waals surface area contributed by atoms with E-state index in [2.05, 4.69) is 11.8 Å². The van der Waals surface area contributed by atoms with E-state index >= 15 is 0 Å². The minimum atomic E-state index is -0.492. The van der Waals surface area contributed by atoms with Crippen molar-refractivity contribution in [2.45, 2.75) is 0 Å². The van der Waals surface area contributed by atoms with E-state index in [-0.39, 0.29) is 5.75 Å². The van der Waals surface area contributed by atoms with Crippen LogP contribution in [-0.2, 0) is 4.79 Å². The number of phenols is 1. The van der Waals surface area contributed by atoms with Crippen LogP contribution in [0.25, 0.3) is 6.08 Å². The molecule has 0 fully saturated rings. The van der Waals surface area contributed by atoms with Gasteiger partial charge in [0.2, 0.25) is 0 Å². The summed E-state index contributed by atoms with van der Waals surface area (Å²) in [6.45, 7) is 0. The molecule has 0 saturated heterocycles. The molecule has 4 heteroatoms. The average molecular weight is 370 g/mol. The SMILES string of the molecule is COc1ccc(C#Cc2ccc(/C=C/C(=O)Oc3ccc(O)cc3)cc2)cc1. The maximum atomic E-state index is 11.8. The zero-order valence-electron chi connectivity index (χ0n) is 15.3. The number of benzene rings is 3. The fourth-order valence-electron chi connectivity index (χ4n) is 2.32. The van der Waals surface area contributed by atoms with E-state index in [4.69, 9.17) is 9.47 Å². The van der Waals surface area contributed by atoms with Gasteiger partial charge in [-0.25, -0.2) is 4.79 Å². The molecule has 0 amide bonds. The quantitative estimate of drug-likeness (QED) is 0.320. The Balaban J connectivity index is 1.59. The Morgan fingerprint density at radius 1 is 0.821 bits per heavy atom. The Hall–Kier alpha value is -3.97. The van der Waals surface area contributed by atoms with E-state index in [0.29, 0.717) is 5.75 Å². The molecule has 0 aromatic heterocycles. The third kappa shape index (κ3) is 5.52. The Kier molecular flexibility index (Phi) is 6.12. The molecular formula is C24H18O4. The van der Waals surface area contributed by atoms with E-state index in [0.717, 1.165) is 22.4 Å². The third-order valence-corrected chi connectivity index (χ3v) is 3.82. The molecule has 0 heterocycles. The molecule has 1 N–H and O–H groups in total. The molecule has 138 valence electrons. The summed E-state index contributed by atoms with van der Waals surface area (Å²) in [4.78, 5) is 11.8. The average Bonchev–Trinajstić information content (AvgIpc) is 2.73. The lowest BCUT2D eigenvalue weighted by atomic mass is 10.1. The van der Waals surface area contributed by atoms with E-state index in [1.54, 1.807) is 13.2 Å². The van der Waals surface area contributed by atoms with Crippen LogP contribution in [0, 0.1) is 11.8 Å². The fourth-order valence-corrected chi connectivity index (χ4v) is 2.32. The number of carbonyl (C=O) groups excluding carboxylic acids is 1. The maximum Gasteiger partial charge on any atom is 0.336 e. The summed E-state index contributed by atoms with van der Waals surface area (Å²) < 4.78 is 10.3. The molecule has 3 rings (SSSR count). The lowest BCUT2D eigenvalue weighted by Gasteiger charge is -2.01. The van der Waals surface area contributed by atoms with Crippen LogP contribution in [0.5, 0.6) is 17.2 Å². The van der Waals surface area contributed by atoms with Gasteiger partial charge < -0.3 is 14.6 Å². The molecule has 0 bridgehead atoms. The highest BCUT2D eigenvalue weighted by Crippen LogP contribution is 2.16. The van der Waals surface area contributed by atoms with Crippen LogP contribution in [0.2, 0.25) is 0 Å². The van der Waals surface area contributed by atoms with Gasteiger partial charge in [-0.2, -0.15) is 0 Å². The first-order valence-electron chi connectivity index (χ1n) is 8.57. The van der Waals surface area contributed by atoms with Gasteiger partial charge in [0, 0.05) is 17.2 Å². The number of hydrogen-bond acceptors (Lipinski definition) is 4. The minimum absolute atomic E-state index is 0.116. The van der Waals surface area contributed by atoms with Crippen molar-refractivity contribution >= 4 is 12.0 Å². The largest absolute Gasteiger partial charge is 0.508 e. The van der Waals surface area contributed by atoms with Crippen LogP contribution in [0.3, 0.4) is 0 Å². The summed E-state index contributed by atoms with van der Waals surface area (Å²) in [5.74, 6) is 6.99. The standard InChI is InChI=1S/C24H18O4/c1-27-22-13-8-20(9-14-22)7-4-18-2-5-19(6-3-18)10-17-24(26)28-23-15-11-21(25)12-16-23/h2-3,5-6,8-17,25H,1H3/b17-10+. The second-order valence-corrected chi connectivity index (χ2v) is 5.85. The van der Waals surface area contributed by atoms with Gasteiger partial charge >= 0.3 is 5.97 Å². The van der Waals surface area contributed by atoms with Crippen molar-refractivity contribution in [2.75, 3.05) is 7.11 Å². The molecule has 28 heavy (non-hydrogen) atoms. The fraction of sp³-hybridized carbons (Fsp3) is 0.0417. The van der Waals surface area contributed by atoms with Crippen LogP contribution in [0.15, 0.2) is 78.9 Å². The first-order chi connectivity index (χ1) is 13.6. The summed E-state index contributed by atoms with van der Waals surface area (Å²) in [7, 11) is 1.63. The molecule has 0 aliphatic rings. The van der Waals surface area contributed by atoms with Gasteiger partial charge in [-0.3, -0.25) is 0 Å². The number of aromatic hydroxyl groups is 1. The predicted molar refractivity (Wildman–Crippen MR) is 108 cm³/mol. The highest BCUT2D eigenvalue weighted by molar-refractivity contribution is 5.88. The molecule has 0 aliphatic carbocycles. The number of hydrogen-bond donors (Lipinski definition) is 1. The van der Waals surface area contributed by atoms with E-state index in [1.165, 1.54) is 30.3 Å². The van der Waals surface area contributed by atoms with Gasteiger partial charge in [0.05, 0.1) is 7.11 Å². The van der Waals surface area contributed by atoms with Crippen molar-refractivity contribution in [1.29, 1.82) is 0 Å². The Morgan fingerprint density at radius 2 is 1.36 bits per heavy atom. The summed E-state index contributed by atoms with van der Waals surface area (Å²) in [5.41, 5.74) is 2.64. The van der Waals surface area contributed by atoms with Crippen LogP contribution in [0.1, 0.15) is 16.7 Å². The number of methoxy groups -OCH3 is 1. The molecule has 0 atom stereocenters. The molecule has 0 aliphatic heterocycles. The highest BCUT2D eigenvalue weighted by atomic mass is 16.5. The van der Waals surface area contributed by atoms with Gasteiger partial charge in [0.25, 0.3) is 0 Å². The molecule has 4 nitrogen and oxygen atoms in total. The molecular weight excluding hydrogens is 352 g/mol. The summed E-state index contributed by atoms with van der Waals surface area (Å²) in [5, 5.41) is 9.22. The van der Waals surface area contributed by atoms with Crippen LogP contribution in [-0.4, -0.2) is 18.2 Å². The molecule has 0 saturated carbocycles. The lowest BCUT2D eigenvalue weighted by molar-refractivity contribution is -0.128. The van der Waals surface area contributed by atoms with Crippen molar-refractivity contribution < 1.29 is 19.4 Å². The minimum Gasteiger partial charge on any atom is -0.508 e. The molecule has 0 unspecified atom stereocenters. The van der Waals surface area contributed by atoms with Crippen molar-refractivity contribution in [3.63, 3.8) is 0 Å². The highest BCUT2D eigenvalue weighted by Gasteiger charge is 2.00. The topological polar surface area (TPSA) is 55.8 Å². The van der Waals surface area contributed by atoms with E-state index in [1.807, 2.05) is 48.5 Å². The number of esters is 1. The van der Waals surface area contributed by atoms with Crippen molar-refractivity contribution in [1.82, 2.24) is 0 Å². The normalized spacial score (nSPS) is 10.2. The van der Waals surface area contributed by atoms with Gasteiger partial charge in [-0.15, -0.1) is 0 Å². The van der Waals surface area contributed by atoms with Gasteiger partial charge in [-0.1, -0.05) is 24.0 Å². The van der Waals surface area contributed by atoms with Crippen LogP contribution < -0.4 is 9.47 Å². The Labute approximate surface area is 163 Å². The van der Waals surface area contributed by atoms with Crippen molar-refractivity contribution in [3.05, 3.63) is 95.6 Å². The number of carbonyl (C=O) groups is 1. The summed E-state index contributed by atoms with van der Waals surface area (Å²) >= 11 is 0. The molecule has 3 aromatic carbocycles. The Morgan fingerprint density at radius 3 is 1.93 bits per heavy atom. The number of ether oxygens (including phenoxy) is 2. The summed E-state index contributed by atoms with van der Waals surface area (Å²) in [6, 6.07) is 21.0. The summed E-state index contributed by atoms with van der Waals surface area (Å²) in [6.07, 6.45) is 3.02. The van der Waals surface area contributed by atoms with Crippen LogP contribution in [0.4, 0.5) is 0 Å². The second-order valence-electron chi connectivity index (χ2n) is 5.85. The Bertz CT molecular complexity index is 1020. The monoisotopic (exact) mass is 370 g/mol. The first-order valence-corrected chi connectivity index (χ1v) is 8.57. The first kappa shape index (κ1) is 18.8. The van der Waals surface area contributed by atoms with E-state index in [9.17, 15) is 9.90 Å². The van der Waals surface area contributed by atoms with Crippen LogP contribution >= 0.6 is 0 Å². The number of rotatable bonds is 4. The zero-order valence-corrected chi connectivity index (χ0v) is 15.3. The molecule has 0 radical (unpaired) electrons. The van der Waals surface area contributed by atoms with Gasteiger partial charge in [0.15, 0.2) is 0 Å². The van der Waals surface area contributed by atoms with Crippen molar-refractivity contribution in [2.24, 2.45) is 0 Å². The number of phenolic OH excluding ortho intramolecular Hbond substituents is 1. The zero-order chi connectivity index (χ0) is 19.8. The van der Waals surface area contributed by atoms with E-state index < -0.39 is 5.97 Å². The third-order valence-electron chi connectivity index (χ3n) is 3.82. The molecule has 3 aromatic rings.